The third-order valence-electron chi connectivity index (χ3n) is 2.64. The van der Waals surface area contributed by atoms with Gasteiger partial charge in [0.15, 0.2) is 0 Å². The van der Waals surface area contributed by atoms with Crippen molar-refractivity contribution in [3.05, 3.63) is 0 Å². The van der Waals surface area contributed by atoms with Crippen LogP contribution in [0.4, 0.5) is 0 Å². The fourth-order valence-electron chi connectivity index (χ4n) is 1.17. The second-order valence-corrected chi connectivity index (χ2v) is 3.14. The van der Waals surface area contributed by atoms with Gasteiger partial charge in [0.05, 0.1) is 0 Å². The third-order valence-corrected chi connectivity index (χ3v) is 2.64. The Kier molecular flexibility index (Phi) is 4.65. The topological polar surface area (TPSA) is 47.3 Å². The van der Waals surface area contributed by atoms with Gasteiger partial charge in [-0.05, 0) is 12.8 Å². The van der Waals surface area contributed by atoms with Gasteiger partial charge in [-0.2, -0.15) is 0 Å². The van der Waals surface area contributed by atoms with Crippen molar-refractivity contribution in [1.29, 1.82) is 0 Å². The molecule has 0 rings (SSSR count). The fraction of sp³-hybridized carbons (Fsp3) is 1.00. The maximum Gasteiger partial charge on any atom is 0.125 e. The number of hydrazine groups is 1. The van der Waals surface area contributed by atoms with E-state index < -0.39 is 0 Å². The second-order valence-electron chi connectivity index (χ2n) is 3.14. The van der Waals surface area contributed by atoms with Crippen molar-refractivity contribution < 1.29 is 4.74 Å². The number of hydrogen-bond donors (Lipinski definition) is 2. The standard InChI is InChI=1S/C8H20N2O/c1-5-8(3,6-2)7(10-9)11-4/h7,10H,5-6,9H2,1-4H3. The molecule has 0 aromatic rings. The van der Waals surface area contributed by atoms with Crippen molar-refractivity contribution in [1.82, 2.24) is 5.43 Å². The molecule has 0 amide bonds. The van der Waals surface area contributed by atoms with Gasteiger partial charge < -0.3 is 4.74 Å². The Bertz CT molecular complexity index is 98.3. The maximum absolute atomic E-state index is 5.35. The lowest BCUT2D eigenvalue weighted by Gasteiger charge is -2.34. The highest BCUT2D eigenvalue weighted by Gasteiger charge is 2.29. The van der Waals surface area contributed by atoms with Crippen molar-refractivity contribution in [2.24, 2.45) is 11.3 Å². The molecule has 0 spiro atoms. The molecule has 0 aliphatic heterocycles. The zero-order chi connectivity index (χ0) is 8.91. The molecule has 68 valence electrons. The Balaban J connectivity index is 4.19. The number of nitrogens with two attached hydrogens (primary N) is 1. The summed E-state index contributed by atoms with van der Waals surface area (Å²) in [6.07, 6.45) is 2.08. The quantitative estimate of drug-likeness (QED) is 0.361. The van der Waals surface area contributed by atoms with Crippen molar-refractivity contribution >= 4 is 0 Å². The summed E-state index contributed by atoms with van der Waals surface area (Å²) >= 11 is 0. The first kappa shape index (κ1) is 10.9. The lowest BCUT2D eigenvalue weighted by Crippen LogP contribution is -2.47. The van der Waals surface area contributed by atoms with E-state index in [1.807, 2.05) is 0 Å². The van der Waals surface area contributed by atoms with Gasteiger partial charge in [0.2, 0.25) is 0 Å². The highest BCUT2D eigenvalue weighted by atomic mass is 16.5. The molecule has 0 aliphatic carbocycles. The first-order chi connectivity index (χ1) is 5.14. The first-order valence-corrected chi connectivity index (χ1v) is 4.13. The van der Waals surface area contributed by atoms with Crippen LogP contribution in [0.5, 0.6) is 0 Å². The predicted molar refractivity (Wildman–Crippen MR) is 46.8 cm³/mol. The second kappa shape index (κ2) is 4.70. The molecule has 3 heteroatoms. The molecule has 0 aliphatic rings. The molecule has 3 nitrogen and oxygen atoms in total. The van der Waals surface area contributed by atoms with Crippen molar-refractivity contribution in [2.45, 2.75) is 39.8 Å². The van der Waals surface area contributed by atoms with Crippen molar-refractivity contribution in [3.63, 3.8) is 0 Å². The smallest absolute Gasteiger partial charge is 0.125 e. The van der Waals surface area contributed by atoms with Crippen LogP contribution < -0.4 is 11.3 Å². The van der Waals surface area contributed by atoms with E-state index in [1.165, 1.54) is 0 Å². The lowest BCUT2D eigenvalue weighted by atomic mass is 9.83. The SMILES string of the molecule is CCC(C)(CC)C(NN)OC. The van der Waals surface area contributed by atoms with E-state index >= 15 is 0 Å². The Morgan fingerprint density at radius 3 is 2.00 bits per heavy atom. The Hall–Kier alpha value is -0.120. The molecule has 0 fully saturated rings. The van der Waals surface area contributed by atoms with Crippen molar-refractivity contribution in [2.75, 3.05) is 7.11 Å². The zero-order valence-corrected chi connectivity index (χ0v) is 7.98. The molecule has 0 aromatic carbocycles. The van der Waals surface area contributed by atoms with Gasteiger partial charge in [-0.3, -0.25) is 5.84 Å². The molecule has 1 atom stereocenters. The third kappa shape index (κ3) is 2.43. The van der Waals surface area contributed by atoms with Gasteiger partial charge in [0.25, 0.3) is 0 Å². The Morgan fingerprint density at radius 1 is 1.45 bits per heavy atom. The van der Waals surface area contributed by atoms with Crippen LogP contribution in [0.2, 0.25) is 0 Å². The molecule has 0 heterocycles. The Morgan fingerprint density at radius 2 is 1.91 bits per heavy atom. The van der Waals surface area contributed by atoms with Gasteiger partial charge in [0.1, 0.15) is 6.23 Å². The average Bonchev–Trinajstić information content (AvgIpc) is 2.06. The molecule has 0 saturated heterocycles. The van der Waals surface area contributed by atoms with Crippen LogP contribution in [0.1, 0.15) is 33.6 Å². The van der Waals surface area contributed by atoms with E-state index in [9.17, 15) is 0 Å². The number of ether oxygens (including phenoxy) is 1. The van der Waals surface area contributed by atoms with Gasteiger partial charge in [-0.25, -0.2) is 5.43 Å². The van der Waals surface area contributed by atoms with E-state index in [2.05, 4.69) is 26.2 Å². The molecule has 1 unspecified atom stereocenters. The molecule has 11 heavy (non-hydrogen) atoms. The van der Waals surface area contributed by atoms with Crippen LogP contribution in [0, 0.1) is 5.41 Å². The number of methoxy groups -OCH3 is 1. The predicted octanol–water partition coefficient (Wildman–Crippen LogP) is 1.25. The van der Waals surface area contributed by atoms with Crippen LogP contribution in [0.15, 0.2) is 0 Å². The van der Waals surface area contributed by atoms with Gasteiger partial charge in [0, 0.05) is 12.5 Å². The summed E-state index contributed by atoms with van der Waals surface area (Å²) in [4.78, 5) is 0. The highest BCUT2D eigenvalue weighted by Crippen LogP contribution is 2.29. The zero-order valence-electron chi connectivity index (χ0n) is 7.98. The molecular formula is C8H20N2O. The van der Waals surface area contributed by atoms with E-state index in [-0.39, 0.29) is 11.6 Å². The minimum absolute atomic E-state index is 0.0440. The minimum Gasteiger partial charge on any atom is -0.365 e. The Labute approximate surface area is 69.3 Å². The van der Waals surface area contributed by atoms with Crippen LogP contribution in [0.3, 0.4) is 0 Å². The summed E-state index contributed by atoms with van der Waals surface area (Å²) in [7, 11) is 1.67. The fourth-order valence-corrected chi connectivity index (χ4v) is 1.17. The lowest BCUT2D eigenvalue weighted by molar-refractivity contribution is -0.0314. The molecule has 0 aromatic heterocycles. The van der Waals surface area contributed by atoms with Crippen LogP contribution in [-0.2, 0) is 4.74 Å². The summed E-state index contributed by atoms with van der Waals surface area (Å²) < 4.78 is 5.21. The van der Waals surface area contributed by atoms with Crippen LogP contribution >= 0.6 is 0 Å². The monoisotopic (exact) mass is 160 g/mol. The number of hydrogen-bond acceptors (Lipinski definition) is 3. The number of rotatable bonds is 5. The maximum atomic E-state index is 5.35. The normalized spacial score (nSPS) is 15.0. The van der Waals surface area contributed by atoms with E-state index in [1.54, 1.807) is 7.11 Å². The molecule has 3 N–H and O–H groups in total. The van der Waals surface area contributed by atoms with Gasteiger partial charge in [-0.1, -0.05) is 20.8 Å². The summed E-state index contributed by atoms with van der Waals surface area (Å²) in [5, 5.41) is 0. The largest absolute Gasteiger partial charge is 0.365 e. The van der Waals surface area contributed by atoms with Crippen LogP contribution in [-0.4, -0.2) is 13.3 Å². The molecule has 0 saturated carbocycles. The molecule has 0 bridgehead atoms. The van der Waals surface area contributed by atoms with Crippen molar-refractivity contribution in [3.8, 4) is 0 Å². The summed E-state index contributed by atoms with van der Waals surface area (Å²) in [6, 6.07) is 0. The average molecular weight is 160 g/mol. The minimum atomic E-state index is -0.0440. The number of nitrogens with one attached hydrogen (secondary N) is 1. The van der Waals surface area contributed by atoms with Gasteiger partial charge >= 0.3 is 0 Å². The first-order valence-electron chi connectivity index (χ1n) is 4.13. The summed E-state index contributed by atoms with van der Waals surface area (Å²) in [5.74, 6) is 5.35. The van der Waals surface area contributed by atoms with E-state index in [4.69, 9.17) is 10.6 Å². The van der Waals surface area contributed by atoms with E-state index in [0.29, 0.717) is 0 Å². The highest BCUT2D eigenvalue weighted by molar-refractivity contribution is 4.77. The molecule has 0 radical (unpaired) electrons. The summed E-state index contributed by atoms with van der Waals surface area (Å²) in [6.45, 7) is 6.46. The van der Waals surface area contributed by atoms with E-state index in [0.717, 1.165) is 12.8 Å². The van der Waals surface area contributed by atoms with Crippen LogP contribution in [0.25, 0.3) is 0 Å². The summed E-state index contributed by atoms with van der Waals surface area (Å²) in [5.41, 5.74) is 2.81. The van der Waals surface area contributed by atoms with Gasteiger partial charge in [-0.15, -0.1) is 0 Å². The molecular weight excluding hydrogens is 140 g/mol.